The lowest BCUT2D eigenvalue weighted by Gasteiger charge is -1.80. The van der Waals surface area contributed by atoms with Gasteiger partial charge in [0.1, 0.15) is 12.2 Å². The molecule has 0 unspecified atom stereocenters. The molecule has 6 heteroatoms. The van der Waals surface area contributed by atoms with Gasteiger partial charge in [-0.1, -0.05) is 0 Å². The molecular formula is C7H8N2O4. The van der Waals surface area contributed by atoms with Crippen molar-refractivity contribution in [1.29, 1.82) is 0 Å². The first-order valence-corrected chi connectivity index (χ1v) is 3.34. The molecule has 1 aliphatic rings. The lowest BCUT2D eigenvalue weighted by atomic mass is 10.3. The Labute approximate surface area is 74.0 Å². The maximum absolute atomic E-state index is 9.87. The topological polar surface area (TPSA) is 96.2 Å². The molecule has 0 aromatic rings. The molecule has 13 heavy (non-hydrogen) atoms. The second-order valence-corrected chi connectivity index (χ2v) is 2.11. The van der Waals surface area contributed by atoms with Crippen LogP contribution in [0.1, 0.15) is 13.3 Å². The van der Waals surface area contributed by atoms with Crippen LogP contribution in [0.15, 0.2) is 9.98 Å². The second-order valence-electron chi connectivity index (χ2n) is 2.11. The summed E-state index contributed by atoms with van der Waals surface area (Å²) in [5.41, 5.74) is 0. The molecule has 0 atom stereocenters. The summed E-state index contributed by atoms with van der Waals surface area (Å²) in [4.78, 5) is 35.8. The molecule has 0 spiro atoms. The highest BCUT2D eigenvalue weighted by Crippen LogP contribution is 1.81. The first-order valence-electron chi connectivity index (χ1n) is 3.34. The standard InChI is InChI=1S/C4H6O3.C3H2N2O/c1-3(5)2-4(6)7;6-3-4-1-2-5-3/h2H2,1H3,(H,6,7);1-2H. The molecule has 0 saturated carbocycles. The molecule has 1 N–H and O–H groups in total. The minimum atomic E-state index is -1.06. The predicted molar refractivity (Wildman–Crippen MR) is 45.3 cm³/mol. The smallest absolute Gasteiger partial charge is 0.367 e. The summed E-state index contributed by atoms with van der Waals surface area (Å²) in [6, 6.07) is -0.407. The summed E-state index contributed by atoms with van der Waals surface area (Å²) in [5, 5.41) is 7.86. The van der Waals surface area contributed by atoms with Gasteiger partial charge in [0, 0.05) is 0 Å². The second kappa shape index (κ2) is 5.76. The molecule has 1 rings (SSSR count). The van der Waals surface area contributed by atoms with E-state index >= 15 is 0 Å². The molecule has 0 fully saturated rings. The molecule has 70 valence electrons. The van der Waals surface area contributed by atoms with Gasteiger partial charge >= 0.3 is 12.0 Å². The normalized spacial score (nSPS) is 12.2. The number of urea groups is 1. The van der Waals surface area contributed by atoms with Crippen LogP contribution in [0.2, 0.25) is 0 Å². The van der Waals surface area contributed by atoms with Gasteiger partial charge in [-0.05, 0) is 6.92 Å². The Morgan fingerprint density at radius 1 is 1.38 bits per heavy atom. The molecule has 0 saturated heterocycles. The highest BCUT2D eigenvalue weighted by Gasteiger charge is 1.98. The Hall–Kier alpha value is -1.85. The number of nitrogens with zero attached hydrogens (tertiary/aromatic N) is 2. The highest BCUT2D eigenvalue weighted by molar-refractivity contribution is 6.25. The Morgan fingerprint density at radius 2 is 1.85 bits per heavy atom. The molecule has 6 nitrogen and oxygen atoms in total. The van der Waals surface area contributed by atoms with Crippen molar-refractivity contribution in [2.75, 3.05) is 0 Å². The molecule has 0 bridgehead atoms. The van der Waals surface area contributed by atoms with Crippen LogP contribution >= 0.6 is 0 Å². The van der Waals surface area contributed by atoms with Crippen LogP contribution in [0, 0.1) is 0 Å². The monoisotopic (exact) mass is 184 g/mol. The molecule has 0 aromatic carbocycles. The molecule has 2 amide bonds. The summed E-state index contributed by atoms with van der Waals surface area (Å²) >= 11 is 0. The summed E-state index contributed by atoms with van der Waals surface area (Å²) in [7, 11) is 0. The molecule has 0 aliphatic carbocycles. The zero-order valence-corrected chi connectivity index (χ0v) is 6.93. The van der Waals surface area contributed by atoms with Crippen molar-refractivity contribution in [1.82, 2.24) is 0 Å². The number of carboxylic acid groups (broad SMARTS) is 1. The van der Waals surface area contributed by atoms with E-state index in [0.717, 1.165) is 0 Å². The third-order valence-corrected chi connectivity index (χ3v) is 0.837. The van der Waals surface area contributed by atoms with Crippen LogP contribution in [-0.2, 0) is 9.59 Å². The number of aliphatic imine (C=N–C) groups is 2. The summed E-state index contributed by atoms with van der Waals surface area (Å²) in [5.74, 6) is -1.37. The van der Waals surface area contributed by atoms with E-state index in [4.69, 9.17) is 5.11 Å². The number of hydrogen-bond donors (Lipinski definition) is 1. The van der Waals surface area contributed by atoms with Gasteiger partial charge in [0.15, 0.2) is 0 Å². The zero-order chi connectivity index (χ0) is 10.3. The predicted octanol–water partition coefficient (Wildman–Crippen LogP) is 0.312. The minimum absolute atomic E-state index is 0.312. The fraction of sp³-hybridized carbons (Fsp3) is 0.286. The van der Waals surface area contributed by atoms with Crippen LogP contribution in [0.4, 0.5) is 4.79 Å². The van der Waals surface area contributed by atoms with Crippen molar-refractivity contribution < 1.29 is 19.5 Å². The van der Waals surface area contributed by atoms with Crippen molar-refractivity contribution in [3.05, 3.63) is 0 Å². The van der Waals surface area contributed by atoms with Gasteiger partial charge in [0.05, 0.1) is 12.4 Å². The Morgan fingerprint density at radius 3 is 1.92 bits per heavy atom. The van der Waals surface area contributed by atoms with Gasteiger partial charge in [0.2, 0.25) is 0 Å². The van der Waals surface area contributed by atoms with Gasteiger partial charge in [0.25, 0.3) is 0 Å². The van der Waals surface area contributed by atoms with Crippen LogP contribution < -0.4 is 0 Å². The van der Waals surface area contributed by atoms with Crippen molar-refractivity contribution in [3.63, 3.8) is 0 Å². The minimum Gasteiger partial charge on any atom is -0.481 e. The maximum Gasteiger partial charge on any atom is 0.367 e. The van der Waals surface area contributed by atoms with Gasteiger partial charge in [-0.2, -0.15) is 9.98 Å². The summed E-state index contributed by atoms with van der Waals surface area (Å²) < 4.78 is 0. The van der Waals surface area contributed by atoms with Crippen molar-refractivity contribution in [2.24, 2.45) is 9.98 Å². The van der Waals surface area contributed by atoms with Crippen molar-refractivity contribution >= 4 is 30.2 Å². The number of carbonyl (C=O) groups excluding carboxylic acids is 2. The molecule has 0 aromatic heterocycles. The van der Waals surface area contributed by atoms with Crippen LogP contribution in [0.3, 0.4) is 0 Å². The lowest BCUT2D eigenvalue weighted by Crippen LogP contribution is -2.00. The van der Waals surface area contributed by atoms with Crippen molar-refractivity contribution in [3.8, 4) is 0 Å². The summed E-state index contributed by atoms with van der Waals surface area (Å²) in [6.45, 7) is 1.24. The van der Waals surface area contributed by atoms with Gasteiger partial charge in [-0.25, -0.2) is 4.79 Å². The Bertz CT molecular complexity index is 254. The van der Waals surface area contributed by atoms with Crippen LogP contribution in [0.5, 0.6) is 0 Å². The van der Waals surface area contributed by atoms with E-state index in [1.165, 1.54) is 19.4 Å². The van der Waals surface area contributed by atoms with E-state index in [9.17, 15) is 14.4 Å². The van der Waals surface area contributed by atoms with E-state index in [-0.39, 0.29) is 12.2 Å². The van der Waals surface area contributed by atoms with E-state index in [1.807, 2.05) is 0 Å². The molecule has 1 heterocycles. The van der Waals surface area contributed by atoms with Crippen molar-refractivity contribution in [2.45, 2.75) is 13.3 Å². The average molecular weight is 184 g/mol. The van der Waals surface area contributed by atoms with E-state index in [1.54, 1.807) is 0 Å². The van der Waals surface area contributed by atoms with E-state index in [0.29, 0.717) is 0 Å². The molecule has 0 radical (unpaired) electrons. The van der Waals surface area contributed by atoms with Gasteiger partial charge < -0.3 is 5.11 Å². The Kier molecular flexibility index (Phi) is 4.94. The molecular weight excluding hydrogens is 176 g/mol. The first kappa shape index (κ1) is 11.2. The number of carbonyl (C=O) groups is 3. The third kappa shape index (κ3) is 8.05. The fourth-order valence-electron chi connectivity index (χ4n) is 0.440. The van der Waals surface area contributed by atoms with E-state index < -0.39 is 12.0 Å². The third-order valence-electron chi connectivity index (χ3n) is 0.837. The van der Waals surface area contributed by atoms with Crippen LogP contribution in [0.25, 0.3) is 0 Å². The van der Waals surface area contributed by atoms with Crippen LogP contribution in [-0.4, -0.2) is 35.3 Å². The number of amides is 2. The number of carboxylic acids is 1. The van der Waals surface area contributed by atoms with Gasteiger partial charge in [-0.3, -0.25) is 9.59 Å². The number of hydrogen-bond acceptors (Lipinski definition) is 3. The Balaban J connectivity index is 0.000000223. The number of aliphatic carboxylic acids is 1. The number of rotatable bonds is 2. The SMILES string of the molecule is CC(=O)CC(=O)O.O=C1N=CC=N1. The lowest BCUT2D eigenvalue weighted by molar-refractivity contribution is -0.139. The van der Waals surface area contributed by atoms with E-state index in [2.05, 4.69) is 9.98 Å². The number of Topliss-reactive ketones (excluding diaryl/α,β-unsaturated/α-hetero) is 1. The largest absolute Gasteiger partial charge is 0.481 e. The zero-order valence-electron chi connectivity index (χ0n) is 6.93. The first-order chi connectivity index (χ1) is 6.02. The quantitative estimate of drug-likeness (QED) is 0.624. The van der Waals surface area contributed by atoms with Gasteiger partial charge in [-0.15, -0.1) is 0 Å². The maximum atomic E-state index is 9.87. The fourth-order valence-corrected chi connectivity index (χ4v) is 0.440. The average Bonchev–Trinajstić information content (AvgIpc) is 2.37. The highest BCUT2D eigenvalue weighted by atomic mass is 16.4. The summed E-state index contributed by atoms with van der Waals surface area (Å²) in [6.07, 6.45) is 2.37. The number of ketones is 1. The molecule has 1 aliphatic heterocycles.